The van der Waals surface area contributed by atoms with Gasteiger partial charge in [-0.3, -0.25) is 4.79 Å². The zero-order valence-electron chi connectivity index (χ0n) is 14.4. The van der Waals surface area contributed by atoms with E-state index in [0.717, 1.165) is 22.4 Å². The van der Waals surface area contributed by atoms with Crippen LogP contribution in [0.1, 0.15) is 24.2 Å². The van der Waals surface area contributed by atoms with Gasteiger partial charge in [-0.2, -0.15) is 0 Å². The number of sulfonamides is 1. The van der Waals surface area contributed by atoms with Crippen LogP contribution < -0.4 is 0 Å². The minimum absolute atomic E-state index is 0.0505. The lowest BCUT2D eigenvalue weighted by atomic mass is 9.82. The lowest BCUT2D eigenvalue weighted by Gasteiger charge is -2.36. The van der Waals surface area contributed by atoms with Crippen LogP contribution in [-0.2, 0) is 21.2 Å². The highest BCUT2D eigenvalue weighted by Gasteiger charge is 2.34. The van der Waals surface area contributed by atoms with E-state index < -0.39 is 16.0 Å². The van der Waals surface area contributed by atoms with Gasteiger partial charge in [0, 0.05) is 25.9 Å². The Bertz CT molecular complexity index is 890. The van der Waals surface area contributed by atoms with Crippen molar-refractivity contribution >= 4 is 27.0 Å². The van der Waals surface area contributed by atoms with Gasteiger partial charge >= 0.3 is 5.97 Å². The van der Waals surface area contributed by atoms with Crippen molar-refractivity contribution in [3.63, 3.8) is 0 Å². The molecule has 136 valence electrons. The molecule has 0 spiro atoms. The smallest absolute Gasteiger partial charge is 0.303 e. The fourth-order valence-electron chi connectivity index (χ4n) is 3.59. The molecular weight excluding hydrogens is 342 g/mol. The Kier molecular flexibility index (Phi) is 4.83. The molecule has 1 aromatic carbocycles. The third-order valence-corrected chi connectivity index (χ3v) is 6.17. The molecule has 2 heterocycles. The summed E-state index contributed by atoms with van der Waals surface area (Å²) in [6, 6.07) is 5.96. The van der Waals surface area contributed by atoms with Crippen LogP contribution in [0.2, 0.25) is 0 Å². The molecule has 0 amide bonds. The molecule has 0 radical (unpaired) electrons. The summed E-state index contributed by atoms with van der Waals surface area (Å²) in [7, 11) is -3.28. The van der Waals surface area contributed by atoms with Gasteiger partial charge in [0.25, 0.3) is 0 Å². The topological polar surface area (TPSA) is 103 Å². The molecule has 0 bridgehead atoms. The van der Waals surface area contributed by atoms with Gasteiger partial charge in [-0.15, -0.1) is 0 Å². The molecule has 1 aliphatic heterocycles. The number of rotatable bonds is 5. The number of aliphatic carboxylic acids is 1. The normalized spacial score (nSPS) is 22.3. The highest BCUT2D eigenvalue weighted by molar-refractivity contribution is 7.88. The lowest BCUT2D eigenvalue weighted by molar-refractivity contribution is -0.138. The van der Waals surface area contributed by atoms with Crippen LogP contribution >= 0.6 is 0 Å². The number of aryl methyl sites for hydroxylation is 1. The summed E-state index contributed by atoms with van der Waals surface area (Å²) < 4.78 is 25.2. The molecule has 8 heteroatoms. The van der Waals surface area contributed by atoms with Crippen LogP contribution in [0, 0.1) is 18.8 Å². The molecule has 2 N–H and O–H groups in total. The van der Waals surface area contributed by atoms with E-state index in [1.54, 1.807) is 0 Å². The van der Waals surface area contributed by atoms with Crippen LogP contribution in [0.3, 0.4) is 0 Å². The minimum Gasteiger partial charge on any atom is -0.481 e. The summed E-state index contributed by atoms with van der Waals surface area (Å²) in [6.07, 6.45) is 2.36. The zero-order chi connectivity index (χ0) is 18.2. The van der Waals surface area contributed by atoms with E-state index in [1.807, 2.05) is 25.1 Å². The van der Waals surface area contributed by atoms with Gasteiger partial charge in [-0.25, -0.2) is 17.7 Å². The van der Waals surface area contributed by atoms with Crippen LogP contribution in [0.15, 0.2) is 18.2 Å². The number of carbonyl (C=O) groups is 1. The largest absolute Gasteiger partial charge is 0.481 e. The van der Waals surface area contributed by atoms with Gasteiger partial charge in [0.05, 0.1) is 17.3 Å². The van der Waals surface area contributed by atoms with E-state index in [0.29, 0.717) is 25.9 Å². The van der Waals surface area contributed by atoms with Gasteiger partial charge in [0.1, 0.15) is 5.82 Å². The van der Waals surface area contributed by atoms with Crippen molar-refractivity contribution in [2.75, 3.05) is 19.3 Å². The summed E-state index contributed by atoms with van der Waals surface area (Å²) in [5.74, 6) is -0.189. The summed E-state index contributed by atoms with van der Waals surface area (Å²) in [5.41, 5.74) is 2.94. The molecule has 0 saturated carbocycles. The average Bonchev–Trinajstić information content (AvgIpc) is 2.88. The molecule has 1 aliphatic rings. The molecule has 2 atom stereocenters. The highest BCUT2D eigenvalue weighted by Crippen LogP contribution is 2.30. The number of piperidine rings is 1. The first-order chi connectivity index (χ1) is 11.7. The number of imidazole rings is 1. The molecule has 1 aromatic heterocycles. The molecule has 1 fully saturated rings. The monoisotopic (exact) mass is 365 g/mol. The summed E-state index contributed by atoms with van der Waals surface area (Å²) in [5, 5.41) is 9.16. The first kappa shape index (κ1) is 17.9. The predicted molar refractivity (Wildman–Crippen MR) is 94.8 cm³/mol. The zero-order valence-corrected chi connectivity index (χ0v) is 15.2. The number of fused-ring (bicyclic) bond motifs is 1. The number of carboxylic acids is 1. The van der Waals surface area contributed by atoms with E-state index >= 15 is 0 Å². The summed E-state index contributed by atoms with van der Waals surface area (Å²) in [6.45, 7) is 2.73. The van der Waals surface area contributed by atoms with Crippen molar-refractivity contribution in [1.29, 1.82) is 0 Å². The number of carboxylic acid groups (broad SMARTS) is 1. The molecule has 0 aliphatic carbocycles. The van der Waals surface area contributed by atoms with E-state index in [-0.39, 0.29) is 18.3 Å². The number of hydrogen-bond acceptors (Lipinski definition) is 4. The predicted octanol–water partition coefficient (Wildman–Crippen LogP) is 1.79. The molecule has 1 saturated heterocycles. The van der Waals surface area contributed by atoms with E-state index in [9.17, 15) is 13.2 Å². The van der Waals surface area contributed by atoms with Crippen LogP contribution in [-0.4, -0.2) is 53.1 Å². The Labute approximate surface area is 147 Å². The SMILES string of the molecule is Cc1ccc2nc(C[C@H]3CN(S(C)(=O)=O)CC[C@H]3CC(=O)O)[nH]c2c1. The number of aromatic amines is 1. The maximum absolute atomic E-state index is 11.9. The molecular formula is C17H23N3O4S. The second-order valence-corrected chi connectivity index (χ2v) is 8.92. The third-order valence-electron chi connectivity index (χ3n) is 4.90. The molecule has 2 aromatic rings. The van der Waals surface area contributed by atoms with Crippen LogP contribution in [0.5, 0.6) is 0 Å². The van der Waals surface area contributed by atoms with Gasteiger partial charge in [0.2, 0.25) is 10.0 Å². The maximum atomic E-state index is 11.9. The van der Waals surface area contributed by atoms with Crippen molar-refractivity contribution in [3.05, 3.63) is 29.6 Å². The standard InChI is InChI=1S/C17H23N3O4S/c1-11-3-4-14-15(7-11)19-16(18-14)8-13-10-20(25(2,23)24)6-5-12(13)9-17(21)22/h3-4,7,12-13H,5-6,8-10H2,1-2H3,(H,18,19)(H,21,22)/t12-,13-/m0/s1. The van der Waals surface area contributed by atoms with Crippen molar-refractivity contribution in [2.45, 2.75) is 26.2 Å². The fourth-order valence-corrected chi connectivity index (χ4v) is 4.49. The number of nitrogens with zero attached hydrogens (tertiary/aromatic N) is 2. The van der Waals surface area contributed by atoms with E-state index in [1.165, 1.54) is 10.6 Å². The fraction of sp³-hybridized carbons (Fsp3) is 0.529. The van der Waals surface area contributed by atoms with E-state index in [4.69, 9.17) is 5.11 Å². The van der Waals surface area contributed by atoms with Crippen molar-refractivity contribution < 1.29 is 18.3 Å². The van der Waals surface area contributed by atoms with Crippen molar-refractivity contribution in [2.24, 2.45) is 11.8 Å². The second kappa shape index (κ2) is 6.76. The van der Waals surface area contributed by atoms with Crippen LogP contribution in [0.25, 0.3) is 11.0 Å². The first-order valence-corrected chi connectivity index (χ1v) is 10.2. The number of aromatic nitrogens is 2. The average molecular weight is 365 g/mol. The van der Waals surface area contributed by atoms with Crippen LogP contribution in [0.4, 0.5) is 0 Å². The van der Waals surface area contributed by atoms with E-state index in [2.05, 4.69) is 9.97 Å². The Morgan fingerprint density at radius 3 is 2.84 bits per heavy atom. The maximum Gasteiger partial charge on any atom is 0.303 e. The second-order valence-electron chi connectivity index (χ2n) is 6.94. The molecule has 25 heavy (non-hydrogen) atoms. The molecule has 0 unspecified atom stereocenters. The summed E-state index contributed by atoms with van der Waals surface area (Å²) >= 11 is 0. The molecule has 3 rings (SSSR count). The highest BCUT2D eigenvalue weighted by atomic mass is 32.2. The first-order valence-electron chi connectivity index (χ1n) is 8.34. The molecule has 7 nitrogen and oxygen atoms in total. The Hall–Kier alpha value is -1.93. The quantitative estimate of drug-likeness (QED) is 0.841. The van der Waals surface area contributed by atoms with Gasteiger partial charge in [-0.05, 0) is 42.9 Å². The summed E-state index contributed by atoms with van der Waals surface area (Å²) in [4.78, 5) is 19.0. The minimum atomic E-state index is -3.28. The van der Waals surface area contributed by atoms with Gasteiger partial charge in [0.15, 0.2) is 0 Å². The Balaban J connectivity index is 1.84. The van der Waals surface area contributed by atoms with Gasteiger partial charge < -0.3 is 10.1 Å². The number of benzene rings is 1. The van der Waals surface area contributed by atoms with Crippen molar-refractivity contribution in [1.82, 2.24) is 14.3 Å². The van der Waals surface area contributed by atoms with Crippen molar-refractivity contribution in [3.8, 4) is 0 Å². The Morgan fingerprint density at radius 1 is 1.40 bits per heavy atom. The lowest BCUT2D eigenvalue weighted by Crippen LogP contribution is -2.44. The Morgan fingerprint density at radius 2 is 2.16 bits per heavy atom. The number of H-pyrrole nitrogens is 1. The van der Waals surface area contributed by atoms with Gasteiger partial charge in [-0.1, -0.05) is 6.07 Å². The number of nitrogens with one attached hydrogen (secondary N) is 1. The third kappa shape index (κ3) is 4.19. The number of hydrogen-bond donors (Lipinski definition) is 2.